The van der Waals surface area contributed by atoms with Gasteiger partial charge in [-0.25, -0.2) is 24.7 Å². The molecular formula is C18H13BrN6O2. The Bertz CT molecular complexity index is 1130. The lowest BCUT2D eigenvalue weighted by atomic mass is 10.3. The predicted octanol–water partition coefficient (Wildman–Crippen LogP) is 3.48. The molecule has 4 rings (SSSR count). The summed E-state index contributed by atoms with van der Waals surface area (Å²) < 4.78 is 7.53. The van der Waals surface area contributed by atoms with Crippen molar-refractivity contribution >= 4 is 39.2 Å². The normalized spacial score (nSPS) is 10.7. The van der Waals surface area contributed by atoms with Crippen LogP contribution in [0.3, 0.4) is 0 Å². The Labute approximate surface area is 162 Å². The van der Waals surface area contributed by atoms with Gasteiger partial charge in [-0.1, -0.05) is 0 Å². The van der Waals surface area contributed by atoms with E-state index >= 15 is 0 Å². The van der Waals surface area contributed by atoms with E-state index in [4.69, 9.17) is 0 Å². The lowest BCUT2D eigenvalue weighted by molar-refractivity contribution is 0.0594. The van der Waals surface area contributed by atoms with Crippen molar-refractivity contribution in [2.45, 2.75) is 0 Å². The first kappa shape index (κ1) is 17.1. The number of fused-ring (bicyclic) bond motifs is 1. The molecule has 27 heavy (non-hydrogen) atoms. The average Bonchev–Trinajstić information content (AvgIpc) is 3.11. The van der Waals surface area contributed by atoms with Gasteiger partial charge in [-0.05, 0) is 46.3 Å². The fourth-order valence-corrected chi connectivity index (χ4v) is 2.86. The van der Waals surface area contributed by atoms with Gasteiger partial charge in [0.15, 0.2) is 0 Å². The first-order valence-corrected chi connectivity index (χ1v) is 8.71. The molecular weight excluding hydrogens is 412 g/mol. The van der Waals surface area contributed by atoms with Gasteiger partial charge >= 0.3 is 5.97 Å². The van der Waals surface area contributed by atoms with E-state index in [1.54, 1.807) is 24.5 Å². The lowest BCUT2D eigenvalue weighted by Gasteiger charge is -2.07. The van der Waals surface area contributed by atoms with Crippen LogP contribution in [0.4, 0.5) is 11.6 Å². The van der Waals surface area contributed by atoms with Crippen LogP contribution in [-0.4, -0.2) is 37.4 Å². The summed E-state index contributed by atoms with van der Waals surface area (Å²) in [6.45, 7) is 0. The molecule has 8 nitrogen and oxygen atoms in total. The molecule has 0 aromatic carbocycles. The Balaban J connectivity index is 1.62. The van der Waals surface area contributed by atoms with Crippen LogP contribution in [0.1, 0.15) is 10.5 Å². The number of nitrogens with zero attached hydrogens (tertiary/aromatic N) is 5. The number of hydrogen-bond donors (Lipinski definition) is 1. The standard InChI is InChI=1S/C18H13BrN6O2/c1-27-17(26)14-4-3-12(8-21-14)23-18-20-7-6-13(24-18)15-9-22-16-5-2-11(19)10-25(15)16/h2-10H,1H3,(H,20,23,24). The third kappa shape index (κ3) is 3.49. The summed E-state index contributed by atoms with van der Waals surface area (Å²) in [5.74, 6) is -0.0800. The van der Waals surface area contributed by atoms with Crippen molar-refractivity contribution in [1.29, 1.82) is 0 Å². The molecule has 0 bridgehead atoms. The number of halogens is 1. The molecule has 0 amide bonds. The summed E-state index contributed by atoms with van der Waals surface area (Å²) in [6, 6.07) is 8.95. The Morgan fingerprint density at radius 3 is 2.78 bits per heavy atom. The van der Waals surface area contributed by atoms with Crippen molar-refractivity contribution in [3.05, 3.63) is 65.3 Å². The average molecular weight is 425 g/mol. The molecule has 9 heteroatoms. The number of ether oxygens (including phenoxy) is 1. The number of anilines is 2. The highest BCUT2D eigenvalue weighted by molar-refractivity contribution is 9.10. The number of carbonyl (C=O) groups excluding carboxylic acids is 1. The molecule has 4 aromatic heterocycles. The van der Waals surface area contributed by atoms with E-state index in [0.29, 0.717) is 11.6 Å². The van der Waals surface area contributed by atoms with Crippen molar-refractivity contribution in [3.8, 4) is 11.4 Å². The van der Waals surface area contributed by atoms with E-state index in [2.05, 4.69) is 45.9 Å². The highest BCUT2D eigenvalue weighted by atomic mass is 79.9. The number of pyridine rings is 2. The van der Waals surface area contributed by atoms with Crippen LogP contribution in [-0.2, 0) is 4.74 Å². The quantitative estimate of drug-likeness (QED) is 0.501. The molecule has 0 saturated heterocycles. The van der Waals surface area contributed by atoms with Crippen LogP contribution in [0.25, 0.3) is 17.0 Å². The zero-order chi connectivity index (χ0) is 18.8. The molecule has 0 spiro atoms. The van der Waals surface area contributed by atoms with Crippen molar-refractivity contribution in [2.75, 3.05) is 12.4 Å². The van der Waals surface area contributed by atoms with Gasteiger partial charge in [-0.3, -0.25) is 4.40 Å². The largest absolute Gasteiger partial charge is 0.464 e. The fourth-order valence-electron chi connectivity index (χ4n) is 2.53. The second-order valence-corrected chi connectivity index (χ2v) is 6.45. The number of carbonyl (C=O) groups is 1. The molecule has 0 atom stereocenters. The maximum absolute atomic E-state index is 11.4. The maximum Gasteiger partial charge on any atom is 0.356 e. The SMILES string of the molecule is COC(=O)c1ccc(Nc2nccc(-c3cnc4ccc(Br)cn34)n2)cn1. The number of imidazole rings is 1. The number of aromatic nitrogens is 5. The van der Waals surface area contributed by atoms with Crippen molar-refractivity contribution in [2.24, 2.45) is 0 Å². The Hall–Kier alpha value is -3.33. The second-order valence-electron chi connectivity index (χ2n) is 5.53. The van der Waals surface area contributed by atoms with E-state index in [9.17, 15) is 4.79 Å². The van der Waals surface area contributed by atoms with Gasteiger partial charge in [0.2, 0.25) is 5.95 Å². The Morgan fingerprint density at radius 1 is 1.11 bits per heavy atom. The molecule has 0 saturated carbocycles. The summed E-state index contributed by atoms with van der Waals surface area (Å²) >= 11 is 3.47. The van der Waals surface area contributed by atoms with Gasteiger partial charge in [0.05, 0.1) is 36.6 Å². The van der Waals surface area contributed by atoms with Crippen molar-refractivity contribution < 1.29 is 9.53 Å². The van der Waals surface area contributed by atoms with Crippen LogP contribution < -0.4 is 5.32 Å². The molecule has 4 aromatic rings. The Morgan fingerprint density at radius 2 is 2.00 bits per heavy atom. The molecule has 1 N–H and O–H groups in total. The molecule has 0 fully saturated rings. The Kier molecular flexibility index (Phi) is 4.51. The second kappa shape index (κ2) is 7.12. The zero-order valence-corrected chi connectivity index (χ0v) is 15.7. The van der Waals surface area contributed by atoms with Crippen LogP contribution >= 0.6 is 15.9 Å². The number of nitrogens with one attached hydrogen (secondary N) is 1. The van der Waals surface area contributed by atoms with Crippen LogP contribution in [0.15, 0.2) is 59.6 Å². The van der Waals surface area contributed by atoms with Crippen molar-refractivity contribution in [3.63, 3.8) is 0 Å². The summed E-state index contributed by atoms with van der Waals surface area (Å²) in [4.78, 5) is 28.7. The molecule has 134 valence electrons. The van der Waals surface area contributed by atoms with E-state index in [0.717, 1.165) is 21.5 Å². The third-order valence-corrected chi connectivity index (χ3v) is 4.27. The first-order valence-electron chi connectivity index (χ1n) is 7.91. The minimum absolute atomic E-state index is 0.231. The van der Waals surface area contributed by atoms with Gasteiger partial charge < -0.3 is 10.1 Å². The molecule has 0 unspecified atom stereocenters. The number of methoxy groups -OCH3 is 1. The topological polar surface area (TPSA) is 94.3 Å². The van der Waals surface area contributed by atoms with Gasteiger partial charge in [0, 0.05) is 16.9 Å². The van der Waals surface area contributed by atoms with Crippen LogP contribution in [0, 0.1) is 0 Å². The van der Waals surface area contributed by atoms with E-state index in [-0.39, 0.29) is 5.69 Å². The highest BCUT2D eigenvalue weighted by Gasteiger charge is 2.10. The van der Waals surface area contributed by atoms with E-state index in [1.165, 1.54) is 13.3 Å². The molecule has 0 radical (unpaired) electrons. The third-order valence-electron chi connectivity index (χ3n) is 3.80. The molecule has 0 aliphatic heterocycles. The molecule has 4 heterocycles. The monoisotopic (exact) mass is 424 g/mol. The first-order chi connectivity index (χ1) is 13.1. The molecule has 0 aliphatic carbocycles. The predicted molar refractivity (Wildman–Crippen MR) is 103 cm³/mol. The van der Waals surface area contributed by atoms with Gasteiger partial charge in [0.1, 0.15) is 11.3 Å². The molecule has 0 aliphatic rings. The highest BCUT2D eigenvalue weighted by Crippen LogP contribution is 2.22. The minimum atomic E-state index is -0.487. The summed E-state index contributed by atoms with van der Waals surface area (Å²) in [7, 11) is 1.31. The van der Waals surface area contributed by atoms with E-state index in [1.807, 2.05) is 28.8 Å². The fraction of sp³-hybridized carbons (Fsp3) is 0.0556. The minimum Gasteiger partial charge on any atom is -0.464 e. The zero-order valence-electron chi connectivity index (χ0n) is 14.1. The number of rotatable bonds is 4. The van der Waals surface area contributed by atoms with Gasteiger partial charge in [0.25, 0.3) is 0 Å². The number of esters is 1. The lowest BCUT2D eigenvalue weighted by Crippen LogP contribution is -2.05. The maximum atomic E-state index is 11.4. The summed E-state index contributed by atoms with van der Waals surface area (Å²) in [5.41, 5.74) is 3.27. The summed E-state index contributed by atoms with van der Waals surface area (Å²) in [6.07, 6.45) is 6.88. The van der Waals surface area contributed by atoms with Crippen molar-refractivity contribution in [1.82, 2.24) is 24.3 Å². The summed E-state index contributed by atoms with van der Waals surface area (Å²) in [5, 5.41) is 3.07. The number of hydrogen-bond acceptors (Lipinski definition) is 7. The van der Waals surface area contributed by atoms with Crippen LogP contribution in [0.5, 0.6) is 0 Å². The van der Waals surface area contributed by atoms with Crippen LogP contribution in [0.2, 0.25) is 0 Å². The smallest absolute Gasteiger partial charge is 0.356 e. The van der Waals surface area contributed by atoms with Gasteiger partial charge in [-0.2, -0.15) is 0 Å². The van der Waals surface area contributed by atoms with Gasteiger partial charge in [-0.15, -0.1) is 0 Å². The van der Waals surface area contributed by atoms with E-state index < -0.39 is 5.97 Å².